The molecule has 3 aliphatic rings. The van der Waals surface area contributed by atoms with E-state index in [1.165, 1.54) is 75.0 Å². The van der Waals surface area contributed by atoms with Crippen molar-refractivity contribution in [2.24, 2.45) is 0 Å². The molecule has 7 aromatic carbocycles. The van der Waals surface area contributed by atoms with Crippen molar-refractivity contribution in [3.63, 3.8) is 0 Å². The molecule has 6 atom stereocenters. The minimum Gasteiger partial charge on any atom is -0.358 e. The van der Waals surface area contributed by atoms with Crippen LogP contribution in [-0.2, 0) is 72.2 Å². The highest BCUT2D eigenvalue weighted by Crippen LogP contribution is 2.45. The first kappa shape index (κ1) is 76.5. The third kappa shape index (κ3) is 17.6. The second-order valence-electron chi connectivity index (χ2n) is 27.7. The summed E-state index contributed by atoms with van der Waals surface area (Å²) in [5.41, 5.74) is 19.7. The predicted molar refractivity (Wildman–Crippen MR) is 398 cm³/mol. The molecular formula is C85H101F5N10O3. The number of aryl methyl sites for hydroxylation is 11. The molecule has 12 rings (SSSR count). The largest absolute Gasteiger partial charge is 0.416 e. The summed E-state index contributed by atoms with van der Waals surface area (Å²) in [6.45, 7) is 22.3. The Kier molecular flexibility index (Phi) is 25.6. The number of nitrogens with zero attached hydrogens (tertiary/aromatic N) is 7. The van der Waals surface area contributed by atoms with Crippen molar-refractivity contribution in [1.29, 1.82) is 0 Å². The van der Waals surface area contributed by atoms with E-state index in [-0.39, 0.29) is 47.5 Å². The molecular weight excluding hydrogens is 1300 g/mol. The van der Waals surface area contributed by atoms with Gasteiger partial charge in [0.2, 0.25) is 17.7 Å². The van der Waals surface area contributed by atoms with Gasteiger partial charge in [-0.1, -0.05) is 139 Å². The average Bonchev–Trinajstić information content (AvgIpc) is 1.33. The topological polar surface area (TPSA) is 133 Å². The van der Waals surface area contributed by atoms with Gasteiger partial charge in [0.25, 0.3) is 0 Å². The number of benzene rings is 7. The van der Waals surface area contributed by atoms with E-state index in [2.05, 4.69) is 131 Å². The molecule has 9 aromatic rings. The maximum atomic E-state index is 14.3. The second kappa shape index (κ2) is 34.5. The highest BCUT2D eigenvalue weighted by atomic mass is 19.4. The maximum absolute atomic E-state index is 14.3. The number of carbonyl (C=O) groups is 3. The summed E-state index contributed by atoms with van der Waals surface area (Å²) in [5, 5.41) is 18.3. The zero-order chi connectivity index (χ0) is 73.8. The summed E-state index contributed by atoms with van der Waals surface area (Å²) in [7, 11) is 5.05. The molecule has 0 radical (unpaired) electrons. The van der Waals surface area contributed by atoms with E-state index in [0.29, 0.717) is 31.2 Å². The van der Waals surface area contributed by atoms with E-state index in [1.807, 2.05) is 85.8 Å². The van der Waals surface area contributed by atoms with Gasteiger partial charge in [-0.25, -0.2) is 8.78 Å². The number of amides is 3. The molecule has 544 valence electrons. The Bertz CT molecular complexity index is 4340. The van der Waals surface area contributed by atoms with Crippen molar-refractivity contribution >= 4 is 17.7 Å². The number of aromatic nitrogens is 4. The Balaban J connectivity index is 0.000000166. The average molecular weight is 1410 g/mol. The van der Waals surface area contributed by atoms with Gasteiger partial charge in [-0.05, 0) is 206 Å². The van der Waals surface area contributed by atoms with Gasteiger partial charge in [0, 0.05) is 106 Å². The van der Waals surface area contributed by atoms with Gasteiger partial charge in [-0.2, -0.15) is 23.4 Å². The molecule has 0 saturated carbocycles. The number of alkyl halides is 3. The Morgan fingerprint density at radius 3 is 1.40 bits per heavy atom. The van der Waals surface area contributed by atoms with Gasteiger partial charge in [0.15, 0.2) is 0 Å². The normalized spacial score (nSPS) is 17.0. The lowest BCUT2D eigenvalue weighted by Gasteiger charge is -2.42. The van der Waals surface area contributed by atoms with Crippen LogP contribution in [0.5, 0.6) is 0 Å². The maximum Gasteiger partial charge on any atom is 0.416 e. The van der Waals surface area contributed by atoms with E-state index >= 15 is 0 Å². The molecule has 0 saturated heterocycles. The summed E-state index contributed by atoms with van der Waals surface area (Å²) < 4.78 is 71.8. The first-order valence-electron chi connectivity index (χ1n) is 36.4. The summed E-state index contributed by atoms with van der Waals surface area (Å²) >= 11 is 0. The van der Waals surface area contributed by atoms with Crippen LogP contribution in [0.2, 0.25) is 0 Å². The van der Waals surface area contributed by atoms with Gasteiger partial charge in [0.05, 0.1) is 17.0 Å². The van der Waals surface area contributed by atoms with Crippen LogP contribution in [0.15, 0.2) is 158 Å². The minimum absolute atomic E-state index is 0.0379. The van der Waals surface area contributed by atoms with Crippen molar-refractivity contribution in [3.05, 3.63) is 281 Å². The molecule has 5 heterocycles. The van der Waals surface area contributed by atoms with Crippen LogP contribution in [0.1, 0.15) is 188 Å². The third-order valence-electron chi connectivity index (χ3n) is 21.3. The molecule has 0 unspecified atom stereocenters. The van der Waals surface area contributed by atoms with Crippen molar-refractivity contribution in [3.8, 4) is 0 Å². The highest BCUT2D eigenvalue weighted by molar-refractivity contribution is 5.84. The fraction of sp³-hybridized carbons (Fsp3) is 0.400. The molecule has 103 heavy (non-hydrogen) atoms. The molecule has 0 fully saturated rings. The summed E-state index contributed by atoms with van der Waals surface area (Å²) in [6.07, 6.45) is 3.50. The number of carbonyl (C=O) groups excluding carboxylic acids is 3. The molecule has 0 aliphatic carbocycles. The molecule has 0 spiro atoms. The number of fused-ring (bicyclic) bond motifs is 3. The van der Waals surface area contributed by atoms with E-state index < -0.39 is 35.5 Å². The second-order valence-corrected chi connectivity index (χ2v) is 27.7. The van der Waals surface area contributed by atoms with E-state index in [9.17, 15) is 36.3 Å². The standard InChI is InChI=1S/C29H31F3N2O.C28H34F2N4O.C28H36N4O/c1-19-17-23-15-16-34(27(28(35)33-3)22-7-5-4-6-8-22)26(25(23)18-20(19)2)14-11-21-9-12-24(13-10-21)29(30,31)32;1-5-34-25-12-9-15-33(27(28(35)31-4)21-10-7-6-8-11-21)24(26(25)19(3)32-34)14-13-20-16-22(29)18(2)23(30)17-20;1-6-32-25-16-17-31(27(28(33)29-5)23-10-8-7-9-11-23)24(26(25)21(4)30-32)15-14-22-13-12-19(2)18-20(22)3/h4-10,12-13,17-18,26-27H,11,14-16H2,1-3H3,(H,33,35);6-8,10-11,16-17,24,27H,5,9,12-15H2,1-4H3,(H,31,35);7-13,18,24,27H,6,14-17H2,1-5H3,(H,29,33)/t26-,27+;2*24-,27+/m000/s1. The summed E-state index contributed by atoms with van der Waals surface area (Å²) in [4.78, 5) is 46.5. The summed E-state index contributed by atoms with van der Waals surface area (Å²) in [6, 6.07) is 47.9. The lowest BCUT2D eigenvalue weighted by Crippen LogP contribution is -2.45. The van der Waals surface area contributed by atoms with Gasteiger partial charge in [-0.15, -0.1) is 0 Å². The molecule has 3 amide bonds. The lowest BCUT2D eigenvalue weighted by molar-refractivity contribution is -0.137. The van der Waals surface area contributed by atoms with Crippen molar-refractivity contribution in [2.75, 3.05) is 40.8 Å². The number of halogens is 5. The highest BCUT2D eigenvalue weighted by Gasteiger charge is 2.42. The quantitative estimate of drug-likeness (QED) is 0.0643. The number of nitrogens with one attached hydrogen (secondary N) is 3. The molecule has 2 aromatic heterocycles. The number of hydrogen-bond donors (Lipinski definition) is 3. The van der Waals surface area contributed by atoms with Gasteiger partial charge in [0.1, 0.15) is 29.8 Å². The van der Waals surface area contributed by atoms with Gasteiger partial charge >= 0.3 is 6.18 Å². The van der Waals surface area contributed by atoms with Gasteiger partial charge in [-0.3, -0.25) is 38.4 Å². The minimum atomic E-state index is -4.34. The fourth-order valence-corrected chi connectivity index (χ4v) is 15.9. The molecule has 18 heteroatoms. The first-order valence-corrected chi connectivity index (χ1v) is 36.4. The lowest BCUT2D eigenvalue weighted by atomic mass is 9.84. The van der Waals surface area contributed by atoms with Crippen molar-refractivity contribution < 1.29 is 36.3 Å². The van der Waals surface area contributed by atoms with Gasteiger partial charge < -0.3 is 16.0 Å². The van der Waals surface area contributed by atoms with E-state index in [1.54, 1.807) is 33.3 Å². The number of hydrogen-bond acceptors (Lipinski definition) is 8. The van der Waals surface area contributed by atoms with Crippen molar-refractivity contribution in [2.45, 2.75) is 182 Å². The zero-order valence-electron chi connectivity index (χ0n) is 61.8. The molecule has 13 nitrogen and oxygen atoms in total. The van der Waals surface area contributed by atoms with E-state index in [0.717, 1.165) is 123 Å². The van der Waals surface area contributed by atoms with Crippen LogP contribution in [0.25, 0.3) is 0 Å². The smallest absolute Gasteiger partial charge is 0.358 e. The Morgan fingerprint density at radius 1 is 0.485 bits per heavy atom. The Labute approximate surface area is 605 Å². The molecule has 3 aliphatic heterocycles. The van der Waals surface area contributed by atoms with Crippen LogP contribution < -0.4 is 16.0 Å². The van der Waals surface area contributed by atoms with Crippen LogP contribution in [0, 0.1) is 60.1 Å². The fourth-order valence-electron chi connectivity index (χ4n) is 15.9. The Hall–Kier alpha value is -9.10. The number of likely N-dealkylation sites (N-methyl/N-ethyl adjacent to an activating group) is 3. The first-order chi connectivity index (χ1) is 49.5. The van der Waals surface area contributed by atoms with Crippen LogP contribution in [-0.4, -0.2) is 92.8 Å². The predicted octanol–water partition coefficient (Wildman–Crippen LogP) is 16.4. The van der Waals surface area contributed by atoms with Crippen LogP contribution >= 0.6 is 0 Å². The Morgan fingerprint density at radius 2 is 0.922 bits per heavy atom. The molecule has 3 N–H and O–H groups in total. The molecule has 0 bridgehead atoms. The SMILES string of the molecule is CCn1nc(C)c2c1CCCN([C@@H](C(=O)NC)c1ccccc1)[C@H]2CCc1cc(F)c(C)c(F)c1.CCn1nc(C)c2c1CCN([C@@H](C(=O)NC)c1ccccc1)[C@H]2CCc1ccc(C)cc1C.CNC(=O)[C@@H](c1ccccc1)N1CCc2cc(C)c(C)cc2[C@@H]1CCc1ccc(C(F)(F)F)cc1. The van der Waals surface area contributed by atoms with Crippen LogP contribution in [0.4, 0.5) is 22.0 Å². The van der Waals surface area contributed by atoms with Crippen LogP contribution in [0.3, 0.4) is 0 Å². The van der Waals surface area contributed by atoms with E-state index in [4.69, 9.17) is 10.2 Å². The third-order valence-corrected chi connectivity index (χ3v) is 21.3. The summed E-state index contributed by atoms with van der Waals surface area (Å²) in [5.74, 6) is -1.15. The number of rotatable bonds is 20. The zero-order valence-corrected chi connectivity index (χ0v) is 61.8. The monoisotopic (exact) mass is 1400 g/mol. The van der Waals surface area contributed by atoms with Crippen molar-refractivity contribution in [1.82, 2.24) is 50.2 Å².